The molecule has 0 saturated heterocycles. The van der Waals surface area contributed by atoms with Gasteiger partial charge in [-0.25, -0.2) is 9.97 Å². The highest BCUT2D eigenvalue weighted by Crippen LogP contribution is 2.21. The molecule has 5 N–H and O–H groups in total. The number of nitrogen functional groups attached to an aromatic ring is 2. The van der Waals surface area contributed by atoms with Crippen LogP contribution in [0.4, 0.5) is 11.8 Å². The lowest BCUT2D eigenvalue weighted by molar-refractivity contribution is -0.122. The van der Waals surface area contributed by atoms with E-state index in [-0.39, 0.29) is 18.2 Å². The Labute approximate surface area is 119 Å². The number of hydrogen-bond donors (Lipinski definition) is 3. The smallest absolute Gasteiger partial charge is 0.290 e. The molecule has 108 valence electrons. The topological polar surface area (TPSA) is 141 Å². The molecule has 0 unspecified atom stereocenters. The van der Waals surface area contributed by atoms with Gasteiger partial charge in [0.2, 0.25) is 5.95 Å². The molecule has 0 saturated carbocycles. The van der Waals surface area contributed by atoms with E-state index in [2.05, 4.69) is 19.9 Å². The molecule has 0 aliphatic carbocycles. The number of nitrogens with two attached hydrogens (primary N) is 2. The molecule has 0 aliphatic heterocycles. The highest BCUT2D eigenvalue weighted by molar-refractivity contribution is 5.90. The summed E-state index contributed by atoms with van der Waals surface area (Å²) in [5.74, 6) is 0.364. The van der Waals surface area contributed by atoms with Gasteiger partial charge in [0.1, 0.15) is 0 Å². The molecule has 0 amide bonds. The molecule has 0 radical (unpaired) electrons. The van der Waals surface area contributed by atoms with E-state index < -0.39 is 0 Å². The van der Waals surface area contributed by atoms with Crippen LogP contribution in [0.15, 0.2) is 12.1 Å². The third-order valence-corrected chi connectivity index (χ3v) is 2.96. The Balaban J connectivity index is 0.000000497. The first-order chi connectivity index (χ1) is 9.96. The molecule has 8 nitrogen and oxygen atoms in total. The van der Waals surface area contributed by atoms with E-state index in [1.165, 1.54) is 0 Å². The van der Waals surface area contributed by atoms with E-state index in [1.54, 1.807) is 0 Å². The average molecular weight is 286 g/mol. The second-order valence-corrected chi connectivity index (χ2v) is 4.39. The summed E-state index contributed by atoms with van der Waals surface area (Å²) in [6, 6.07) is 3.96. The number of rotatable bonds is 0. The first-order valence-corrected chi connectivity index (χ1v) is 6.01. The summed E-state index contributed by atoms with van der Waals surface area (Å²) in [4.78, 5) is 25.2. The van der Waals surface area contributed by atoms with Crippen LogP contribution in [0.25, 0.3) is 22.2 Å². The minimum absolute atomic E-state index is 0.109. The van der Waals surface area contributed by atoms with E-state index >= 15 is 0 Å². The van der Waals surface area contributed by atoms with Crippen LogP contribution >= 0.6 is 0 Å². The van der Waals surface area contributed by atoms with Crippen LogP contribution in [0, 0.1) is 13.8 Å². The van der Waals surface area contributed by atoms with Crippen molar-refractivity contribution in [3.8, 4) is 0 Å². The van der Waals surface area contributed by atoms with Crippen molar-refractivity contribution in [2.75, 3.05) is 11.5 Å². The monoisotopic (exact) mass is 286 g/mol. The zero-order chi connectivity index (χ0) is 15.6. The van der Waals surface area contributed by atoms with Gasteiger partial charge in [-0.1, -0.05) is 0 Å². The number of carboxylic acid groups (broad SMARTS) is 1. The lowest BCUT2D eigenvalue weighted by Gasteiger charge is -2.05. The predicted molar refractivity (Wildman–Crippen MR) is 79.6 cm³/mol. The molecule has 0 aliphatic rings. The normalized spacial score (nSPS) is 10.2. The summed E-state index contributed by atoms with van der Waals surface area (Å²) in [6.45, 7) is 3.81. The summed E-state index contributed by atoms with van der Waals surface area (Å²) >= 11 is 0. The van der Waals surface area contributed by atoms with Crippen LogP contribution < -0.4 is 11.5 Å². The van der Waals surface area contributed by atoms with Crippen LogP contribution in [0.5, 0.6) is 0 Å². The number of fused-ring (bicyclic) bond motifs is 2. The van der Waals surface area contributed by atoms with Crippen molar-refractivity contribution in [1.29, 1.82) is 0 Å². The lowest BCUT2D eigenvalue weighted by Crippen LogP contribution is -2.03. The Hall–Kier alpha value is -3.03. The fourth-order valence-corrected chi connectivity index (χ4v) is 1.86. The SMILES string of the molecule is Cc1cc2nc3nc(N)nc(N)c3nc2cc1C.O=CO. The van der Waals surface area contributed by atoms with Gasteiger partial charge < -0.3 is 16.6 Å². The fourth-order valence-electron chi connectivity index (χ4n) is 1.86. The van der Waals surface area contributed by atoms with E-state index in [9.17, 15) is 0 Å². The number of hydrogen-bond acceptors (Lipinski definition) is 7. The lowest BCUT2D eigenvalue weighted by atomic mass is 10.1. The van der Waals surface area contributed by atoms with Gasteiger partial charge in [0.25, 0.3) is 6.47 Å². The van der Waals surface area contributed by atoms with Crippen LogP contribution in [-0.2, 0) is 4.79 Å². The molecule has 3 rings (SSSR count). The molecule has 0 bridgehead atoms. The minimum Gasteiger partial charge on any atom is -0.483 e. The zero-order valence-corrected chi connectivity index (χ0v) is 11.5. The number of benzene rings is 1. The van der Waals surface area contributed by atoms with Crippen molar-refractivity contribution in [2.24, 2.45) is 0 Å². The predicted octanol–water partition coefficient (Wildman–Crippen LogP) is 1.06. The highest BCUT2D eigenvalue weighted by atomic mass is 16.3. The van der Waals surface area contributed by atoms with Crippen molar-refractivity contribution in [3.05, 3.63) is 23.3 Å². The summed E-state index contributed by atoms with van der Waals surface area (Å²) < 4.78 is 0. The largest absolute Gasteiger partial charge is 0.483 e. The number of carbonyl (C=O) groups is 1. The summed E-state index contributed by atoms with van der Waals surface area (Å²) in [5, 5.41) is 6.89. The molecule has 0 spiro atoms. The van der Waals surface area contributed by atoms with E-state index in [1.807, 2.05) is 26.0 Å². The maximum atomic E-state index is 8.36. The molecule has 1 aromatic carbocycles. The molecular weight excluding hydrogens is 272 g/mol. The third-order valence-electron chi connectivity index (χ3n) is 2.96. The Bertz CT molecular complexity index is 834. The van der Waals surface area contributed by atoms with E-state index in [0.29, 0.717) is 11.2 Å². The second-order valence-electron chi connectivity index (χ2n) is 4.39. The van der Waals surface area contributed by atoms with Gasteiger partial charge in [0, 0.05) is 0 Å². The number of anilines is 2. The molecule has 0 fully saturated rings. The van der Waals surface area contributed by atoms with Crippen molar-refractivity contribution in [2.45, 2.75) is 13.8 Å². The Morgan fingerprint density at radius 1 is 1.00 bits per heavy atom. The van der Waals surface area contributed by atoms with Gasteiger partial charge in [-0.2, -0.15) is 9.97 Å². The number of nitrogens with zero attached hydrogens (tertiary/aromatic N) is 4. The summed E-state index contributed by atoms with van der Waals surface area (Å²) in [7, 11) is 0. The van der Waals surface area contributed by atoms with Gasteiger partial charge in [-0.05, 0) is 37.1 Å². The molecular formula is C13H14N6O2. The molecule has 3 aromatic rings. The highest BCUT2D eigenvalue weighted by Gasteiger charge is 2.09. The third kappa shape index (κ3) is 2.78. The first-order valence-electron chi connectivity index (χ1n) is 6.01. The van der Waals surface area contributed by atoms with E-state index in [4.69, 9.17) is 21.4 Å². The van der Waals surface area contributed by atoms with Crippen molar-refractivity contribution in [1.82, 2.24) is 19.9 Å². The second kappa shape index (κ2) is 5.53. The Kier molecular flexibility index (Phi) is 3.79. The average Bonchev–Trinajstić information content (AvgIpc) is 2.39. The standard InChI is InChI=1S/C12H12N6.CH2O2/c1-5-3-7-8(4-6(5)2)16-11-9(15-7)10(13)17-12(14)18-11;2-1-3/h3-4H,1-2H3,(H4,13,14,16,17,18);1H,(H,2,3). The van der Waals surface area contributed by atoms with Crippen LogP contribution in [-0.4, -0.2) is 31.5 Å². The maximum absolute atomic E-state index is 8.36. The zero-order valence-electron chi connectivity index (χ0n) is 11.5. The summed E-state index contributed by atoms with van der Waals surface area (Å²) in [6.07, 6.45) is 0. The maximum Gasteiger partial charge on any atom is 0.290 e. The molecule has 2 heterocycles. The van der Waals surface area contributed by atoms with Gasteiger partial charge in [0.15, 0.2) is 17.0 Å². The number of aryl methyl sites for hydroxylation is 2. The van der Waals surface area contributed by atoms with Crippen LogP contribution in [0.2, 0.25) is 0 Å². The fraction of sp³-hybridized carbons (Fsp3) is 0.154. The quantitative estimate of drug-likeness (QED) is 0.411. The Morgan fingerprint density at radius 3 is 2.10 bits per heavy atom. The Morgan fingerprint density at radius 2 is 1.52 bits per heavy atom. The van der Waals surface area contributed by atoms with E-state index in [0.717, 1.165) is 22.2 Å². The minimum atomic E-state index is -0.250. The molecule has 2 aromatic heterocycles. The summed E-state index contributed by atoms with van der Waals surface area (Å²) in [5.41, 5.74) is 16.1. The number of aromatic nitrogens is 4. The van der Waals surface area contributed by atoms with Gasteiger partial charge in [-0.3, -0.25) is 4.79 Å². The molecule has 8 heteroatoms. The van der Waals surface area contributed by atoms with Crippen molar-refractivity contribution >= 4 is 40.4 Å². The van der Waals surface area contributed by atoms with Crippen LogP contribution in [0.3, 0.4) is 0 Å². The van der Waals surface area contributed by atoms with Crippen LogP contribution in [0.1, 0.15) is 11.1 Å². The van der Waals surface area contributed by atoms with Crippen molar-refractivity contribution in [3.63, 3.8) is 0 Å². The van der Waals surface area contributed by atoms with Gasteiger partial charge >= 0.3 is 0 Å². The van der Waals surface area contributed by atoms with Gasteiger partial charge in [0.05, 0.1) is 11.0 Å². The molecule has 21 heavy (non-hydrogen) atoms. The first kappa shape index (κ1) is 14.4. The van der Waals surface area contributed by atoms with Gasteiger partial charge in [-0.15, -0.1) is 0 Å². The van der Waals surface area contributed by atoms with Crippen molar-refractivity contribution < 1.29 is 9.90 Å². The molecule has 0 atom stereocenters.